The molecule has 0 radical (unpaired) electrons. The summed E-state index contributed by atoms with van der Waals surface area (Å²) in [4.78, 5) is 27.8. The third-order valence-electron chi connectivity index (χ3n) is 7.79. The second-order valence-corrected chi connectivity index (χ2v) is 11.2. The van der Waals surface area contributed by atoms with Crippen LogP contribution in [-0.2, 0) is 11.4 Å². The van der Waals surface area contributed by atoms with E-state index in [-0.39, 0.29) is 24.4 Å². The lowest BCUT2D eigenvalue weighted by Gasteiger charge is -2.32. The number of aliphatic hydroxyl groups excluding tert-OH is 1. The Balaban J connectivity index is 1.58. The van der Waals surface area contributed by atoms with E-state index in [4.69, 9.17) is 9.47 Å². The zero-order valence-electron chi connectivity index (χ0n) is 24.0. The van der Waals surface area contributed by atoms with Crippen LogP contribution >= 0.6 is 0 Å². The van der Waals surface area contributed by atoms with E-state index in [1.807, 2.05) is 24.3 Å². The minimum atomic E-state index is -0.493. The van der Waals surface area contributed by atoms with Crippen LogP contribution in [0.5, 0.6) is 11.5 Å². The minimum absolute atomic E-state index is 0.0179. The molecule has 0 amide bonds. The predicted molar refractivity (Wildman–Crippen MR) is 157 cm³/mol. The fraction of sp³-hybridized carbons (Fsp3) is 0.412. The fourth-order valence-corrected chi connectivity index (χ4v) is 5.30. The molecule has 1 fully saturated rings. The first-order valence-electron chi connectivity index (χ1n) is 14.3. The van der Waals surface area contributed by atoms with Crippen LogP contribution in [0.3, 0.4) is 0 Å². The maximum atomic E-state index is 13.2. The van der Waals surface area contributed by atoms with Crippen LogP contribution in [-0.4, -0.2) is 40.6 Å². The van der Waals surface area contributed by atoms with Crippen molar-refractivity contribution in [3.05, 3.63) is 95.1 Å². The number of carbonyl (C=O) groups is 2. The highest BCUT2D eigenvalue weighted by Gasteiger charge is 2.27. The van der Waals surface area contributed by atoms with Crippen LogP contribution in [0, 0.1) is 5.92 Å². The number of benzene rings is 3. The quantitative estimate of drug-likeness (QED) is 0.201. The Kier molecular flexibility index (Phi) is 10.1. The molecule has 1 N–H and O–H groups in total. The van der Waals surface area contributed by atoms with Gasteiger partial charge in [0.2, 0.25) is 0 Å². The summed E-state index contributed by atoms with van der Waals surface area (Å²) >= 11 is 0. The first-order valence-corrected chi connectivity index (χ1v) is 14.3. The number of ether oxygens (including phenoxy) is 2. The van der Waals surface area contributed by atoms with Gasteiger partial charge < -0.3 is 14.6 Å². The van der Waals surface area contributed by atoms with E-state index in [1.54, 1.807) is 36.4 Å². The average Bonchev–Trinajstić information content (AvgIpc) is 2.91. The number of hydrogen-bond acceptors (Lipinski definition) is 6. The molecule has 0 unspecified atom stereocenters. The summed E-state index contributed by atoms with van der Waals surface area (Å²) < 4.78 is 11.4. The second kappa shape index (κ2) is 13.7. The summed E-state index contributed by atoms with van der Waals surface area (Å²) in [5.41, 5.74) is 3.12. The van der Waals surface area contributed by atoms with Gasteiger partial charge in [-0.1, -0.05) is 42.8 Å². The molecular weight excluding hydrogens is 502 g/mol. The smallest absolute Gasteiger partial charge is 0.343 e. The van der Waals surface area contributed by atoms with Gasteiger partial charge in [-0.15, -0.1) is 0 Å². The fourth-order valence-electron chi connectivity index (χ4n) is 5.30. The van der Waals surface area contributed by atoms with Crippen molar-refractivity contribution in [2.75, 3.05) is 6.54 Å². The number of rotatable bonds is 12. The predicted octanol–water partition coefficient (Wildman–Crippen LogP) is 6.74. The van der Waals surface area contributed by atoms with Gasteiger partial charge in [0, 0.05) is 23.6 Å². The molecule has 1 aliphatic rings. The summed E-state index contributed by atoms with van der Waals surface area (Å²) in [5, 5.41) is 9.92. The Morgan fingerprint density at radius 2 is 1.57 bits per heavy atom. The van der Waals surface area contributed by atoms with Gasteiger partial charge in [-0.2, -0.15) is 0 Å². The Morgan fingerprint density at radius 3 is 2.15 bits per heavy atom. The van der Waals surface area contributed by atoms with Crippen molar-refractivity contribution in [2.45, 2.75) is 78.0 Å². The van der Waals surface area contributed by atoms with E-state index in [2.05, 4.69) is 44.7 Å². The van der Waals surface area contributed by atoms with Crippen LogP contribution in [0.1, 0.15) is 86.3 Å². The highest BCUT2D eigenvalue weighted by molar-refractivity contribution is 5.91. The highest BCUT2D eigenvalue weighted by atomic mass is 16.5. The van der Waals surface area contributed by atoms with Crippen LogP contribution < -0.4 is 9.47 Å². The van der Waals surface area contributed by atoms with Crippen LogP contribution in [0.2, 0.25) is 0 Å². The summed E-state index contributed by atoms with van der Waals surface area (Å²) in [6.45, 7) is 9.58. The number of carbonyl (C=O) groups excluding carboxylic acids is 2. The van der Waals surface area contributed by atoms with E-state index >= 15 is 0 Å². The summed E-state index contributed by atoms with van der Waals surface area (Å²) in [6, 6.07) is 23.0. The number of esters is 2. The summed E-state index contributed by atoms with van der Waals surface area (Å²) in [7, 11) is 0. The van der Waals surface area contributed by atoms with Crippen LogP contribution in [0.15, 0.2) is 72.8 Å². The van der Waals surface area contributed by atoms with Gasteiger partial charge in [0.25, 0.3) is 0 Å². The largest absolute Gasteiger partial charge is 0.426 e. The Labute approximate surface area is 237 Å². The summed E-state index contributed by atoms with van der Waals surface area (Å²) in [6.07, 6.45) is 3.63. The molecule has 0 aromatic heterocycles. The molecular formula is C34H41NO5. The molecule has 1 saturated carbocycles. The van der Waals surface area contributed by atoms with Crippen molar-refractivity contribution in [3.8, 4) is 11.5 Å². The second-order valence-electron chi connectivity index (χ2n) is 11.2. The molecule has 0 aliphatic heterocycles. The first-order chi connectivity index (χ1) is 19.3. The van der Waals surface area contributed by atoms with E-state index in [0.717, 1.165) is 48.9 Å². The van der Waals surface area contributed by atoms with E-state index in [9.17, 15) is 14.7 Å². The zero-order valence-corrected chi connectivity index (χ0v) is 24.0. The standard InChI is InChI=1S/C34H41NO5/c1-23(2)35(24(3)4)20-19-30(26-9-6-5-7-10-26)31-21-25(22-36)13-18-32(31)40-34(38)28-14-16-29(17-15-28)39-33(37)27-11-8-12-27/h5-7,9-10,13-18,21,23-24,27,30,36H,8,11-12,19-20,22H2,1-4H3/t30-/m1/s1. The zero-order chi connectivity index (χ0) is 28.6. The molecule has 3 aromatic carbocycles. The van der Waals surface area contributed by atoms with Crippen molar-refractivity contribution >= 4 is 11.9 Å². The molecule has 40 heavy (non-hydrogen) atoms. The molecule has 1 atom stereocenters. The minimum Gasteiger partial charge on any atom is -0.426 e. The third-order valence-corrected chi connectivity index (χ3v) is 7.79. The maximum absolute atomic E-state index is 13.2. The highest BCUT2D eigenvalue weighted by Crippen LogP contribution is 2.36. The SMILES string of the molecule is CC(C)N(CC[C@H](c1ccccc1)c1cc(CO)ccc1OC(=O)c1ccc(OC(=O)C2CCC2)cc1)C(C)C. The van der Waals surface area contributed by atoms with Crippen molar-refractivity contribution < 1.29 is 24.2 Å². The van der Waals surface area contributed by atoms with Gasteiger partial charge >= 0.3 is 11.9 Å². The van der Waals surface area contributed by atoms with E-state index < -0.39 is 5.97 Å². The third kappa shape index (κ3) is 7.38. The van der Waals surface area contributed by atoms with Crippen LogP contribution in [0.25, 0.3) is 0 Å². The van der Waals surface area contributed by atoms with Crippen molar-refractivity contribution in [1.82, 2.24) is 4.90 Å². The van der Waals surface area contributed by atoms with E-state index in [1.165, 1.54) is 0 Å². The molecule has 6 nitrogen and oxygen atoms in total. The Bertz CT molecular complexity index is 1260. The lowest BCUT2D eigenvalue weighted by atomic mass is 9.86. The molecule has 6 heteroatoms. The van der Waals surface area contributed by atoms with Crippen molar-refractivity contribution in [3.63, 3.8) is 0 Å². The van der Waals surface area contributed by atoms with Crippen molar-refractivity contribution in [1.29, 1.82) is 0 Å². The Hall–Kier alpha value is -3.48. The first kappa shape index (κ1) is 29.5. The Morgan fingerprint density at radius 1 is 0.900 bits per heavy atom. The molecule has 3 aromatic rings. The average molecular weight is 544 g/mol. The molecule has 0 spiro atoms. The maximum Gasteiger partial charge on any atom is 0.343 e. The normalized spacial score (nSPS) is 14.3. The van der Waals surface area contributed by atoms with Gasteiger partial charge in [-0.05, 0) is 101 Å². The number of aliphatic hydroxyl groups is 1. The van der Waals surface area contributed by atoms with Gasteiger partial charge in [0.05, 0.1) is 18.1 Å². The molecule has 4 rings (SSSR count). The topological polar surface area (TPSA) is 76.1 Å². The van der Waals surface area contributed by atoms with Crippen molar-refractivity contribution in [2.24, 2.45) is 5.92 Å². The van der Waals surface area contributed by atoms with Gasteiger partial charge in [-0.25, -0.2) is 4.79 Å². The van der Waals surface area contributed by atoms with E-state index in [0.29, 0.717) is 29.1 Å². The molecule has 1 aliphatic carbocycles. The monoisotopic (exact) mass is 543 g/mol. The molecule has 0 saturated heterocycles. The van der Waals surface area contributed by atoms with Crippen LogP contribution in [0.4, 0.5) is 0 Å². The molecule has 0 heterocycles. The number of hydrogen-bond donors (Lipinski definition) is 1. The molecule has 212 valence electrons. The lowest BCUT2D eigenvalue weighted by molar-refractivity contribution is -0.141. The summed E-state index contributed by atoms with van der Waals surface area (Å²) in [5.74, 6) is 0.130. The lowest BCUT2D eigenvalue weighted by Crippen LogP contribution is -2.38. The molecule has 0 bridgehead atoms. The van der Waals surface area contributed by atoms with Gasteiger partial charge in [-0.3, -0.25) is 9.69 Å². The number of nitrogens with zero attached hydrogens (tertiary/aromatic N) is 1. The van der Waals surface area contributed by atoms with Gasteiger partial charge in [0.15, 0.2) is 0 Å². The van der Waals surface area contributed by atoms with Gasteiger partial charge in [0.1, 0.15) is 11.5 Å².